The van der Waals surface area contributed by atoms with Gasteiger partial charge in [-0.3, -0.25) is 0 Å². The number of nitrogens with zero attached hydrogens (tertiary/aromatic N) is 2. The number of nitrogens with two attached hydrogens (primary N) is 1. The highest BCUT2D eigenvalue weighted by molar-refractivity contribution is 7.09. The topological polar surface area (TPSA) is 67.6 Å². The molecule has 3 rings (SSSR count). The lowest BCUT2D eigenvalue weighted by Gasteiger charge is -1.88. The number of thiazole rings is 1. The number of aromatic amines is 1. The molecule has 0 atom stereocenters. The van der Waals surface area contributed by atoms with Crippen molar-refractivity contribution in [2.24, 2.45) is 5.73 Å². The Hall–Kier alpha value is -1.43. The van der Waals surface area contributed by atoms with E-state index in [1.807, 2.05) is 23.6 Å². The molecule has 0 saturated carbocycles. The van der Waals surface area contributed by atoms with Gasteiger partial charge in [-0.1, -0.05) is 11.6 Å². The van der Waals surface area contributed by atoms with Crippen LogP contribution >= 0.6 is 22.9 Å². The summed E-state index contributed by atoms with van der Waals surface area (Å²) in [5, 5.41) is 3.54. The second kappa shape index (κ2) is 4.10. The number of aromatic nitrogens is 3. The first kappa shape index (κ1) is 10.7. The Kier molecular flexibility index (Phi) is 2.58. The van der Waals surface area contributed by atoms with E-state index in [4.69, 9.17) is 17.3 Å². The third kappa shape index (κ3) is 1.93. The smallest absolute Gasteiger partial charge is 0.158 e. The van der Waals surface area contributed by atoms with Crippen LogP contribution in [0.3, 0.4) is 0 Å². The van der Waals surface area contributed by atoms with Crippen molar-refractivity contribution in [1.29, 1.82) is 0 Å². The van der Waals surface area contributed by atoms with Gasteiger partial charge in [0.1, 0.15) is 10.7 Å². The summed E-state index contributed by atoms with van der Waals surface area (Å²) in [4.78, 5) is 12.0. The molecule has 2 heterocycles. The summed E-state index contributed by atoms with van der Waals surface area (Å²) in [6.07, 6.45) is 0. The molecule has 17 heavy (non-hydrogen) atoms. The van der Waals surface area contributed by atoms with Gasteiger partial charge in [0, 0.05) is 16.9 Å². The third-order valence-electron chi connectivity index (χ3n) is 2.41. The van der Waals surface area contributed by atoms with E-state index in [0.29, 0.717) is 11.6 Å². The predicted molar refractivity (Wildman–Crippen MR) is 70.1 cm³/mol. The Balaban J connectivity index is 2.11. The molecule has 0 saturated heterocycles. The molecular formula is C11H9ClN4S. The number of nitrogens with one attached hydrogen (secondary N) is 1. The largest absolute Gasteiger partial charge is 0.337 e. The van der Waals surface area contributed by atoms with Crippen LogP contribution in [-0.4, -0.2) is 15.0 Å². The highest BCUT2D eigenvalue weighted by Crippen LogP contribution is 2.23. The number of H-pyrrole nitrogens is 1. The highest BCUT2D eigenvalue weighted by atomic mass is 35.5. The number of hydrogen-bond donors (Lipinski definition) is 2. The fourth-order valence-electron chi connectivity index (χ4n) is 1.62. The molecule has 0 unspecified atom stereocenters. The van der Waals surface area contributed by atoms with Gasteiger partial charge >= 0.3 is 0 Å². The van der Waals surface area contributed by atoms with Crippen molar-refractivity contribution < 1.29 is 0 Å². The van der Waals surface area contributed by atoms with Crippen LogP contribution in [0, 0.1) is 0 Å². The molecule has 2 aromatic heterocycles. The minimum atomic E-state index is 0.455. The van der Waals surface area contributed by atoms with Crippen molar-refractivity contribution in [3.05, 3.63) is 33.6 Å². The van der Waals surface area contributed by atoms with Crippen molar-refractivity contribution in [1.82, 2.24) is 15.0 Å². The van der Waals surface area contributed by atoms with Crippen LogP contribution < -0.4 is 5.73 Å². The zero-order valence-corrected chi connectivity index (χ0v) is 10.3. The molecule has 0 aliphatic rings. The first-order chi connectivity index (χ1) is 8.26. The molecule has 0 bridgehead atoms. The van der Waals surface area contributed by atoms with E-state index >= 15 is 0 Å². The van der Waals surface area contributed by atoms with Crippen LogP contribution in [0.25, 0.3) is 22.6 Å². The summed E-state index contributed by atoms with van der Waals surface area (Å²) in [5.41, 5.74) is 8.15. The maximum Gasteiger partial charge on any atom is 0.158 e. The molecule has 0 spiro atoms. The molecule has 4 nitrogen and oxygen atoms in total. The molecule has 6 heteroatoms. The first-order valence-electron chi connectivity index (χ1n) is 5.06. The Morgan fingerprint density at radius 2 is 2.24 bits per heavy atom. The maximum absolute atomic E-state index is 5.92. The number of imidazole rings is 1. The van der Waals surface area contributed by atoms with Crippen LogP contribution in [-0.2, 0) is 6.54 Å². The average molecular weight is 265 g/mol. The number of hydrogen-bond acceptors (Lipinski definition) is 4. The quantitative estimate of drug-likeness (QED) is 0.748. The van der Waals surface area contributed by atoms with Gasteiger partial charge < -0.3 is 10.7 Å². The summed E-state index contributed by atoms with van der Waals surface area (Å²) in [6.45, 7) is 0.455. The Bertz CT molecular complexity index is 673. The van der Waals surface area contributed by atoms with Crippen LogP contribution in [0.5, 0.6) is 0 Å². The fourth-order valence-corrected chi connectivity index (χ4v) is 2.45. The maximum atomic E-state index is 5.92. The lowest BCUT2D eigenvalue weighted by atomic mass is 10.3. The van der Waals surface area contributed by atoms with Crippen molar-refractivity contribution in [3.8, 4) is 11.5 Å². The molecule has 3 aromatic rings. The van der Waals surface area contributed by atoms with Gasteiger partial charge in [0.2, 0.25) is 0 Å². The van der Waals surface area contributed by atoms with Gasteiger partial charge in [0.25, 0.3) is 0 Å². The van der Waals surface area contributed by atoms with E-state index in [1.54, 1.807) is 0 Å². The molecule has 0 amide bonds. The van der Waals surface area contributed by atoms with E-state index in [9.17, 15) is 0 Å². The summed E-state index contributed by atoms with van der Waals surface area (Å²) in [7, 11) is 0. The zero-order valence-electron chi connectivity index (χ0n) is 8.77. The van der Waals surface area contributed by atoms with Crippen molar-refractivity contribution in [2.75, 3.05) is 0 Å². The normalized spacial score (nSPS) is 11.2. The molecule has 86 valence electrons. The molecule has 1 aromatic carbocycles. The van der Waals surface area contributed by atoms with Gasteiger partial charge in [-0.2, -0.15) is 0 Å². The van der Waals surface area contributed by atoms with Crippen LogP contribution in [0.4, 0.5) is 0 Å². The SMILES string of the molecule is NCc1nc(-c2nc3ccc(Cl)cc3[nH]2)cs1. The fraction of sp³-hybridized carbons (Fsp3) is 0.0909. The average Bonchev–Trinajstić information content (AvgIpc) is 2.93. The molecule has 0 radical (unpaired) electrons. The molecule has 0 aliphatic heterocycles. The number of halogens is 1. The number of rotatable bonds is 2. The van der Waals surface area contributed by atoms with E-state index in [1.165, 1.54) is 11.3 Å². The molecular weight excluding hydrogens is 256 g/mol. The second-order valence-electron chi connectivity index (χ2n) is 3.58. The lowest BCUT2D eigenvalue weighted by Crippen LogP contribution is -1.94. The van der Waals surface area contributed by atoms with E-state index in [2.05, 4.69) is 15.0 Å². The van der Waals surface area contributed by atoms with Crippen molar-refractivity contribution >= 4 is 34.0 Å². The van der Waals surface area contributed by atoms with Gasteiger partial charge in [0.05, 0.1) is 11.0 Å². The van der Waals surface area contributed by atoms with E-state index in [0.717, 1.165) is 27.6 Å². The molecule has 0 fully saturated rings. The zero-order chi connectivity index (χ0) is 11.8. The third-order valence-corrected chi connectivity index (χ3v) is 3.52. The molecule has 0 aliphatic carbocycles. The monoisotopic (exact) mass is 264 g/mol. The minimum Gasteiger partial charge on any atom is -0.337 e. The lowest BCUT2D eigenvalue weighted by molar-refractivity contribution is 1.04. The van der Waals surface area contributed by atoms with Gasteiger partial charge in [-0.25, -0.2) is 9.97 Å². The summed E-state index contributed by atoms with van der Waals surface area (Å²) < 4.78 is 0. The summed E-state index contributed by atoms with van der Waals surface area (Å²) >= 11 is 7.46. The van der Waals surface area contributed by atoms with E-state index < -0.39 is 0 Å². The van der Waals surface area contributed by atoms with Crippen molar-refractivity contribution in [3.63, 3.8) is 0 Å². The van der Waals surface area contributed by atoms with Gasteiger partial charge in [0.15, 0.2) is 5.82 Å². The Labute approximate surface area is 106 Å². The van der Waals surface area contributed by atoms with Crippen molar-refractivity contribution in [2.45, 2.75) is 6.54 Å². The summed E-state index contributed by atoms with van der Waals surface area (Å²) in [5.74, 6) is 0.748. The Morgan fingerprint density at radius 1 is 1.35 bits per heavy atom. The van der Waals surface area contributed by atoms with Crippen LogP contribution in [0.2, 0.25) is 5.02 Å². The Morgan fingerprint density at radius 3 is 3.00 bits per heavy atom. The number of benzene rings is 1. The molecule has 3 N–H and O–H groups in total. The highest BCUT2D eigenvalue weighted by Gasteiger charge is 2.08. The predicted octanol–water partition coefficient (Wildman–Crippen LogP) is 2.80. The van der Waals surface area contributed by atoms with Gasteiger partial charge in [-0.15, -0.1) is 11.3 Å². The van der Waals surface area contributed by atoms with Gasteiger partial charge in [-0.05, 0) is 18.2 Å². The van der Waals surface area contributed by atoms with Crippen LogP contribution in [0.15, 0.2) is 23.6 Å². The second-order valence-corrected chi connectivity index (χ2v) is 4.96. The van der Waals surface area contributed by atoms with E-state index in [-0.39, 0.29) is 0 Å². The first-order valence-corrected chi connectivity index (χ1v) is 6.32. The standard InChI is InChI=1S/C11H9ClN4S/c12-6-1-2-7-8(3-6)16-11(15-7)9-5-17-10(4-13)14-9/h1-3,5H,4,13H2,(H,15,16). The summed E-state index contributed by atoms with van der Waals surface area (Å²) in [6, 6.07) is 5.55. The number of fused-ring (bicyclic) bond motifs is 1. The minimum absolute atomic E-state index is 0.455. The van der Waals surface area contributed by atoms with Crippen LogP contribution in [0.1, 0.15) is 5.01 Å².